The fourth-order valence-electron chi connectivity index (χ4n) is 3.24. The summed E-state index contributed by atoms with van der Waals surface area (Å²) < 4.78 is 5.85. The predicted molar refractivity (Wildman–Crippen MR) is 125 cm³/mol. The van der Waals surface area contributed by atoms with Crippen LogP contribution in [-0.2, 0) is 0 Å². The second-order valence-corrected chi connectivity index (χ2v) is 8.57. The first-order chi connectivity index (χ1) is 14.4. The number of benzene rings is 2. The van der Waals surface area contributed by atoms with Crippen molar-refractivity contribution >= 4 is 50.8 Å². The van der Waals surface area contributed by atoms with Crippen LogP contribution in [0.2, 0.25) is 0 Å². The quantitative estimate of drug-likeness (QED) is 0.620. The summed E-state index contributed by atoms with van der Waals surface area (Å²) in [5.74, 6) is 1.04. The molecule has 1 aliphatic rings. The third-order valence-electron chi connectivity index (χ3n) is 5.10. The number of amides is 2. The number of carbonyl (C=O) groups is 2. The lowest BCUT2D eigenvalue weighted by Crippen LogP contribution is -2.37. The van der Waals surface area contributed by atoms with E-state index in [2.05, 4.69) is 33.5 Å². The van der Waals surface area contributed by atoms with Crippen LogP contribution in [0.4, 0.5) is 5.69 Å². The smallest absolute Gasteiger partial charge is 0.257 e. The van der Waals surface area contributed by atoms with Gasteiger partial charge in [-0.05, 0) is 89.4 Å². The average molecular weight is 490 g/mol. The predicted octanol–water partition coefficient (Wildman–Crippen LogP) is 4.46. The summed E-state index contributed by atoms with van der Waals surface area (Å²) in [6, 6.07) is 12.1. The number of hydrogen-bond donors (Lipinski definition) is 2. The van der Waals surface area contributed by atoms with Crippen molar-refractivity contribution in [3.63, 3.8) is 0 Å². The van der Waals surface area contributed by atoms with Crippen molar-refractivity contribution in [3.8, 4) is 5.75 Å². The first-order valence-electron chi connectivity index (χ1n) is 9.72. The number of methoxy groups -OCH3 is 1. The summed E-state index contributed by atoms with van der Waals surface area (Å²) in [5.41, 5.74) is 1.79. The Morgan fingerprint density at radius 1 is 1.10 bits per heavy atom. The fourth-order valence-corrected chi connectivity index (χ4v) is 3.99. The van der Waals surface area contributed by atoms with Crippen LogP contribution in [-0.4, -0.2) is 42.0 Å². The summed E-state index contributed by atoms with van der Waals surface area (Å²) in [6.45, 7) is 3.83. The molecule has 158 valence electrons. The topological polar surface area (TPSA) is 70.7 Å². The van der Waals surface area contributed by atoms with Crippen molar-refractivity contribution in [3.05, 3.63) is 58.1 Å². The van der Waals surface area contributed by atoms with Crippen molar-refractivity contribution < 1.29 is 14.3 Å². The van der Waals surface area contributed by atoms with Gasteiger partial charge in [-0.1, -0.05) is 6.92 Å². The van der Waals surface area contributed by atoms with Crippen LogP contribution in [0.15, 0.2) is 46.9 Å². The van der Waals surface area contributed by atoms with Crippen LogP contribution in [0.3, 0.4) is 0 Å². The van der Waals surface area contributed by atoms with E-state index in [-0.39, 0.29) is 16.9 Å². The molecule has 2 aromatic rings. The maximum Gasteiger partial charge on any atom is 0.257 e. The van der Waals surface area contributed by atoms with Gasteiger partial charge in [0, 0.05) is 29.9 Å². The summed E-state index contributed by atoms with van der Waals surface area (Å²) in [4.78, 5) is 26.9. The van der Waals surface area contributed by atoms with E-state index in [0.717, 1.165) is 25.9 Å². The maximum atomic E-state index is 12.6. The molecule has 30 heavy (non-hydrogen) atoms. The Morgan fingerprint density at radius 3 is 2.33 bits per heavy atom. The van der Waals surface area contributed by atoms with E-state index in [4.69, 9.17) is 17.0 Å². The first-order valence-corrected chi connectivity index (χ1v) is 10.9. The van der Waals surface area contributed by atoms with E-state index in [9.17, 15) is 9.59 Å². The number of piperidine rings is 1. The van der Waals surface area contributed by atoms with Gasteiger partial charge in [0.1, 0.15) is 5.75 Å². The van der Waals surface area contributed by atoms with Gasteiger partial charge in [-0.3, -0.25) is 14.9 Å². The molecule has 2 amide bonds. The molecule has 6 nitrogen and oxygen atoms in total. The van der Waals surface area contributed by atoms with Crippen LogP contribution in [0.1, 0.15) is 40.5 Å². The molecule has 0 unspecified atom stereocenters. The fraction of sp³-hybridized carbons (Fsp3) is 0.318. The molecule has 3 rings (SSSR count). The Morgan fingerprint density at radius 2 is 1.73 bits per heavy atom. The molecule has 1 saturated heterocycles. The zero-order valence-corrected chi connectivity index (χ0v) is 19.3. The van der Waals surface area contributed by atoms with E-state index < -0.39 is 0 Å². The van der Waals surface area contributed by atoms with Gasteiger partial charge < -0.3 is 15.0 Å². The standard InChI is InChI=1S/C22H24BrN3O3S/c1-14-9-11-26(12-10-14)21(28)15-3-6-17(7-4-15)24-22(30)25-20(27)16-5-8-19(29-2)18(23)13-16/h3-8,13-14H,9-12H2,1-2H3,(H2,24,25,27,30). The Bertz CT molecular complexity index is 941. The van der Waals surface area contributed by atoms with Crippen molar-refractivity contribution in [1.29, 1.82) is 0 Å². The minimum absolute atomic E-state index is 0.0504. The number of anilines is 1. The van der Waals surface area contributed by atoms with Gasteiger partial charge in [-0.15, -0.1) is 0 Å². The second kappa shape index (κ2) is 10.0. The number of rotatable bonds is 4. The highest BCUT2D eigenvalue weighted by Crippen LogP contribution is 2.25. The van der Waals surface area contributed by atoms with Gasteiger partial charge >= 0.3 is 0 Å². The van der Waals surface area contributed by atoms with Crippen molar-refractivity contribution in [2.24, 2.45) is 5.92 Å². The zero-order chi connectivity index (χ0) is 21.7. The first kappa shape index (κ1) is 22.2. The molecule has 0 saturated carbocycles. The van der Waals surface area contributed by atoms with Crippen molar-refractivity contribution in [1.82, 2.24) is 10.2 Å². The van der Waals surface area contributed by atoms with Crippen molar-refractivity contribution in [2.75, 3.05) is 25.5 Å². The Labute approximate surface area is 190 Å². The molecule has 8 heteroatoms. The van der Waals surface area contributed by atoms with Gasteiger partial charge in [-0.2, -0.15) is 0 Å². The normalized spacial score (nSPS) is 14.2. The molecule has 0 spiro atoms. The van der Waals surface area contributed by atoms with Gasteiger partial charge in [0.25, 0.3) is 11.8 Å². The van der Waals surface area contributed by atoms with E-state index >= 15 is 0 Å². The Hall–Kier alpha value is -2.45. The zero-order valence-electron chi connectivity index (χ0n) is 16.9. The highest BCUT2D eigenvalue weighted by molar-refractivity contribution is 9.10. The average Bonchev–Trinajstić information content (AvgIpc) is 2.74. The van der Waals surface area contributed by atoms with Gasteiger partial charge in [0.05, 0.1) is 11.6 Å². The molecule has 1 heterocycles. The van der Waals surface area contributed by atoms with Crippen LogP contribution >= 0.6 is 28.1 Å². The summed E-state index contributed by atoms with van der Waals surface area (Å²) in [5, 5.41) is 5.79. The number of ether oxygens (including phenoxy) is 1. The SMILES string of the molecule is COc1ccc(C(=O)NC(=S)Nc2ccc(C(=O)N3CCC(C)CC3)cc2)cc1Br. The molecule has 2 N–H and O–H groups in total. The minimum Gasteiger partial charge on any atom is -0.496 e. The van der Waals surface area contributed by atoms with Crippen LogP contribution in [0.25, 0.3) is 0 Å². The highest BCUT2D eigenvalue weighted by Gasteiger charge is 2.21. The molecule has 0 radical (unpaired) electrons. The van der Waals surface area contributed by atoms with Crippen molar-refractivity contribution in [2.45, 2.75) is 19.8 Å². The van der Waals surface area contributed by atoms with Crippen LogP contribution < -0.4 is 15.4 Å². The van der Waals surface area contributed by atoms with Gasteiger partial charge in [-0.25, -0.2) is 0 Å². The number of likely N-dealkylation sites (tertiary alicyclic amines) is 1. The highest BCUT2D eigenvalue weighted by atomic mass is 79.9. The Kier molecular flexibility index (Phi) is 7.44. The molecule has 1 aliphatic heterocycles. The lowest BCUT2D eigenvalue weighted by atomic mass is 9.98. The lowest BCUT2D eigenvalue weighted by Gasteiger charge is -2.30. The summed E-state index contributed by atoms with van der Waals surface area (Å²) in [7, 11) is 1.56. The van der Waals surface area contributed by atoms with Gasteiger partial charge in [0.15, 0.2) is 5.11 Å². The van der Waals surface area contributed by atoms with Crippen LogP contribution in [0.5, 0.6) is 5.75 Å². The maximum absolute atomic E-state index is 12.6. The van der Waals surface area contributed by atoms with E-state index in [0.29, 0.717) is 33.0 Å². The third-order valence-corrected chi connectivity index (χ3v) is 5.93. The van der Waals surface area contributed by atoms with Gasteiger partial charge in [0.2, 0.25) is 0 Å². The summed E-state index contributed by atoms with van der Waals surface area (Å²) >= 11 is 8.60. The summed E-state index contributed by atoms with van der Waals surface area (Å²) in [6.07, 6.45) is 2.09. The number of halogens is 1. The molecule has 0 bridgehead atoms. The molecule has 1 fully saturated rings. The molecule has 0 aromatic heterocycles. The lowest BCUT2D eigenvalue weighted by molar-refractivity contribution is 0.0697. The molecular weight excluding hydrogens is 466 g/mol. The third kappa shape index (κ3) is 5.58. The molecule has 0 atom stereocenters. The number of nitrogens with one attached hydrogen (secondary N) is 2. The number of carbonyl (C=O) groups excluding carboxylic acids is 2. The molecule has 2 aromatic carbocycles. The number of hydrogen-bond acceptors (Lipinski definition) is 4. The van der Waals surface area contributed by atoms with E-state index in [1.54, 1.807) is 49.6 Å². The Balaban J connectivity index is 1.56. The minimum atomic E-state index is -0.332. The second-order valence-electron chi connectivity index (χ2n) is 7.31. The van der Waals surface area contributed by atoms with Crippen LogP contribution in [0, 0.1) is 5.92 Å². The molecule has 0 aliphatic carbocycles. The number of thiocarbonyl (C=S) groups is 1. The number of nitrogens with zero attached hydrogens (tertiary/aromatic N) is 1. The largest absolute Gasteiger partial charge is 0.496 e. The monoisotopic (exact) mass is 489 g/mol. The van der Waals surface area contributed by atoms with E-state index in [1.165, 1.54) is 0 Å². The molecular formula is C22H24BrN3O3S. The van der Waals surface area contributed by atoms with E-state index in [1.807, 2.05) is 4.90 Å².